The van der Waals surface area contributed by atoms with Gasteiger partial charge in [-0.2, -0.15) is 13.2 Å². The van der Waals surface area contributed by atoms with Crippen molar-refractivity contribution in [1.82, 2.24) is 0 Å². The van der Waals surface area contributed by atoms with E-state index in [1.54, 1.807) is 0 Å². The summed E-state index contributed by atoms with van der Waals surface area (Å²) in [6.07, 6.45) is -4.93. The van der Waals surface area contributed by atoms with Crippen molar-refractivity contribution in [2.24, 2.45) is 5.73 Å². The van der Waals surface area contributed by atoms with Crippen LogP contribution in [-0.4, -0.2) is 12.2 Å². The molecule has 0 aromatic heterocycles. The minimum absolute atomic E-state index is 0.0978. The van der Waals surface area contributed by atoms with Gasteiger partial charge in [0.2, 0.25) is 0 Å². The first-order chi connectivity index (χ1) is 6.80. The van der Waals surface area contributed by atoms with Crippen LogP contribution in [0.1, 0.15) is 5.56 Å². The second-order valence-corrected chi connectivity index (χ2v) is 3.21. The van der Waals surface area contributed by atoms with Gasteiger partial charge < -0.3 is 11.5 Å². The van der Waals surface area contributed by atoms with Gasteiger partial charge in [-0.15, -0.1) is 0 Å². The third-order valence-corrected chi connectivity index (χ3v) is 1.94. The Morgan fingerprint density at radius 2 is 1.87 bits per heavy atom. The van der Waals surface area contributed by atoms with Crippen molar-refractivity contribution < 1.29 is 17.6 Å². The highest BCUT2D eigenvalue weighted by Crippen LogP contribution is 2.22. The van der Waals surface area contributed by atoms with E-state index < -0.39 is 24.5 Å². The third kappa shape index (κ3) is 3.09. The van der Waals surface area contributed by atoms with Gasteiger partial charge >= 0.3 is 6.18 Å². The number of alkyl halides is 3. The highest BCUT2D eigenvalue weighted by molar-refractivity contribution is 5.41. The lowest BCUT2D eigenvalue weighted by Crippen LogP contribution is -2.39. The number of rotatable bonds is 2. The molecule has 0 radical (unpaired) electrons. The molecule has 1 aromatic rings. The molecular weight excluding hydrogens is 212 g/mol. The zero-order chi connectivity index (χ0) is 11.6. The Kier molecular flexibility index (Phi) is 3.18. The second-order valence-electron chi connectivity index (χ2n) is 3.21. The SMILES string of the molecule is Nc1ccc(CC(N)C(F)(F)F)cc1F. The van der Waals surface area contributed by atoms with Gasteiger partial charge in [-0.25, -0.2) is 4.39 Å². The lowest BCUT2D eigenvalue weighted by Gasteiger charge is -2.15. The van der Waals surface area contributed by atoms with E-state index in [0.29, 0.717) is 0 Å². The van der Waals surface area contributed by atoms with Crippen molar-refractivity contribution in [3.05, 3.63) is 29.6 Å². The van der Waals surface area contributed by atoms with Crippen molar-refractivity contribution >= 4 is 5.69 Å². The Balaban J connectivity index is 2.78. The molecule has 0 aliphatic heterocycles. The highest BCUT2D eigenvalue weighted by atomic mass is 19.4. The van der Waals surface area contributed by atoms with Crippen LogP contribution in [0, 0.1) is 5.82 Å². The number of benzene rings is 1. The summed E-state index contributed by atoms with van der Waals surface area (Å²) in [6, 6.07) is 1.51. The molecular formula is C9H10F4N2. The molecule has 0 saturated heterocycles. The van der Waals surface area contributed by atoms with Crippen LogP contribution in [0.25, 0.3) is 0 Å². The van der Waals surface area contributed by atoms with Gasteiger partial charge in [0.05, 0.1) is 5.69 Å². The Bertz CT molecular complexity index is 348. The fourth-order valence-corrected chi connectivity index (χ4v) is 1.07. The van der Waals surface area contributed by atoms with Crippen molar-refractivity contribution in [3.63, 3.8) is 0 Å². The van der Waals surface area contributed by atoms with E-state index in [-0.39, 0.29) is 11.3 Å². The Labute approximate surface area is 83.9 Å². The van der Waals surface area contributed by atoms with Gasteiger partial charge in [-0.05, 0) is 24.1 Å². The Morgan fingerprint density at radius 3 is 2.33 bits per heavy atom. The summed E-state index contributed by atoms with van der Waals surface area (Å²) < 4.78 is 49.1. The van der Waals surface area contributed by atoms with Crippen LogP contribution < -0.4 is 11.5 Å². The normalized spacial score (nSPS) is 13.9. The van der Waals surface area contributed by atoms with Crippen LogP contribution in [-0.2, 0) is 6.42 Å². The molecule has 2 nitrogen and oxygen atoms in total. The Morgan fingerprint density at radius 1 is 1.27 bits per heavy atom. The molecule has 1 aromatic carbocycles. The van der Waals surface area contributed by atoms with E-state index >= 15 is 0 Å². The molecule has 1 atom stereocenters. The van der Waals surface area contributed by atoms with E-state index in [9.17, 15) is 17.6 Å². The standard InChI is InChI=1S/C9H10F4N2/c10-6-3-5(1-2-7(6)14)4-8(15)9(11,12)13/h1-3,8H,4,14-15H2. The molecule has 0 bridgehead atoms. The number of hydrogen-bond acceptors (Lipinski definition) is 2. The molecule has 1 rings (SSSR count). The van der Waals surface area contributed by atoms with Gasteiger partial charge in [-0.1, -0.05) is 6.07 Å². The second kappa shape index (κ2) is 4.06. The summed E-state index contributed by atoms with van der Waals surface area (Å²) in [5, 5.41) is 0. The highest BCUT2D eigenvalue weighted by Gasteiger charge is 2.36. The van der Waals surface area contributed by atoms with E-state index in [0.717, 1.165) is 6.07 Å². The molecule has 0 aliphatic rings. The smallest absolute Gasteiger partial charge is 0.396 e. The lowest BCUT2D eigenvalue weighted by atomic mass is 10.1. The first-order valence-corrected chi connectivity index (χ1v) is 4.17. The zero-order valence-electron chi connectivity index (χ0n) is 7.68. The molecule has 0 heterocycles. The summed E-state index contributed by atoms with van der Waals surface area (Å²) in [6.45, 7) is 0. The van der Waals surface area contributed by atoms with Crippen LogP contribution in [0.4, 0.5) is 23.2 Å². The van der Waals surface area contributed by atoms with E-state index in [4.69, 9.17) is 11.5 Å². The summed E-state index contributed by atoms with van der Waals surface area (Å²) in [5.74, 6) is -0.734. The molecule has 15 heavy (non-hydrogen) atoms. The van der Waals surface area contributed by atoms with Crippen LogP contribution in [0.3, 0.4) is 0 Å². The maximum atomic E-state index is 12.9. The molecule has 4 N–H and O–H groups in total. The van der Waals surface area contributed by atoms with Gasteiger partial charge in [0.25, 0.3) is 0 Å². The summed E-state index contributed by atoms with van der Waals surface area (Å²) in [7, 11) is 0. The van der Waals surface area contributed by atoms with Gasteiger partial charge in [-0.3, -0.25) is 0 Å². The average Bonchev–Trinajstić information content (AvgIpc) is 2.10. The molecule has 1 unspecified atom stereocenters. The van der Waals surface area contributed by atoms with E-state index in [2.05, 4.69) is 0 Å². The minimum Gasteiger partial charge on any atom is -0.396 e. The minimum atomic E-state index is -4.47. The summed E-state index contributed by atoms with van der Waals surface area (Å²) in [4.78, 5) is 0. The number of anilines is 1. The zero-order valence-corrected chi connectivity index (χ0v) is 7.68. The lowest BCUT2D eigenvalue weighted by molar-refractivity contribution is -0.147. The molecule has 0 aliphatic carbocycles. The molecule has 84 valence electrons. The van der Waals surface area contributed by atoms with Crippen molar-refractivity contribution in [3.8, 4) is 0 Å². The predicted molar refractivity (Wildman–Crippen MR) is 48.5 cm³/mol. The fraction of sp³-hybridized carbons (Fsp3) is 0.333. The van der Waals surface area contributed by atoms with Gasteiger partial charge in [0.1, 0.15) is 11.9 Å². The third-order valence-electron chi connectivity index (χ3n) is 1.94. The summed E-state index contributed by atoms with van der Waals surface area (Å²) >= 11 is 0. The van der Waals surface area contributed by atoms with Crippen molar-refractivity contribution in [1.29, 1.82) is 0 Å². The van der Waals surface area contributed by atoms with Crippen molar-refractivity contribution in [2.75, 3.05) is 5.73 Å². The predicted octanol–water partition coefficient (Wildman–Crippen LogP) is 1.84. The Hall–Kier alpha value is -1.30. The molecule has 0 fully saturated rings. The summed E-state index contributed by atoms with van der Waals surface area (Å²) in [5.41, 5.74) is 10.1. The number of nitrogen functional groups attached to an aromatic ring is 1. The first-order valence-electron chi connectivity index (χ1n) is 4.17. The maximum Gasteiger partial charge on any atom is 0.403 e. The first kappa shape index (κ1) is 11.8. The number of hydrogen-bond donors (Lipinski definition) is 2. The number of halogens is 4. The monoisotopic (exact) mass is 222 g/mol. The maximum absolute atomic E-state index is 12.9. The van der Waals surface area contributed by atoms with E-state index in [1.165, 1.54) is 12.1 Å². The van der Waals surface area contributed by atoms with Crippen LogP contribution in [0.5, 0.6) is 0 Å². The van der Waals surface area contributed by atoms with Gasteiger partial charge in [0, 0.05) is 0 Å². The molecule has 6 heteroatoms. The van der Waals surface area contributed by atoms with Crippen LogP contribution in [0.15, 0.2) is 18.2 Å². The van der Waals surface area contributed by atoms with Crippen LogP contribution >= 0.6 is 0 Å². The molecule has 0 saturated carbocycles. The topological polar surface area (TPSA) is 52.0 Å². The van der Waals surface area contributed by atoms with Crippen LogP contribution in [0.2, 0.25) is 0 Å². The largest absolute Gasteiger partial charge is 0.403 e. The quantitative estimate of drug-likeness (QED) is 0.592. The van der Waals surface area contributed by atoms with Gasteiger partial charge in [0.15, 0.2) is 0 Å². The van der Waals surface area contributed by atoms with E-state index in [1.807, 2.05) is 0 Å². The van der Waals surface area contributed by atoms with Crippen molar-refractivity contribution in [2.45, 2.75) is 18.6 Å². The molecule has 0 amide bonds. The average molecular weight is 222 g/mol. The fourth-order valence-electron chi connectivity index (χ4n) is 1.07. The molecule has 0 spiro atoms. The number of nitrogens with two attached hydrogens (primary N) is 2.